The smallest absolute Gasteiger partial charge is 0.256 e. The van der Waals surface area contributed by atoms with Crippen LogP contribution in [-0.4, -0.2) is 17.9 Å². The van der Waals surface area contributed by atoms with E-state index in [1.54, 1.807) is 7.05 Å². The van der Waals surface area contributed by atoms with Crippen LogP contribution in [0.1, 0.15) is 21.5 Å². The van der Waals surface area contributed by atoms with E-state index in [1.807, 2.05) is 24.3 Å². The number of benzene rings is 2. The number of nitrogens with two attached hydrogens (primary N) is 1. The molecule has 5 heteroatoms. The van der Waals surface area contributed by atoms with E-state index in [1.165, 1.54) is 4.90 Å². The standard InChI is InChI=1S/C16H16F2N2O/c1-20(10-12-4-2-3-11(7-12)9-19)16(21)14-6-5-13(17)8-15(14)18/h2-8H,9-10,19H2,1H3. The van der Waals surface area contributed by atoms with E-state index in [2.05, 4.69) is 0 Å². The molecule has 21 heavy (non-hydrogen) atoms. The van der Waals surface area contributed by atoms with Crippen molar-refractivity contribution in [1.29, 1.82) is 0 Å². The van der Waals surface area contributed by atoms with Gasteiger partial charge in [-0.25, -0.2) is 8.78 Å². The number of amides is 1. The first kappa shape index (κ1) is 15.1. The van der Waals surface area contributed by atoms with Crippen molar-refractivity contribution >= 4 is 5.91 Å². The molecule has 2 aromatic rings. The molecule has 2 aromatic carbocycles. The van der Waals surface area contributed by atoms with E-state index < -0.39 is 17.5 Å². The first-order chi connectivity index (χ1) is 10.0. The Labute approximate surface area is 122 Å². The lowest BCUT2D eigenvalue weighted by Crippen LogP contribution is -2.27. The summed E-state index contributed by atoms with van der Waals surface area (Å²) in [7, 11) is 1.57. The molecule has 0 aromatic heterocycles. The second-order valence-corrected chi connectivity index (χ2v) is 4.81. The summed E-state index contributed by atoms with van der Waals surface area (Å²) in [5, 5.41) is 0. The van der Waals surface area contributed by atoms with E-state index in [9.17, 15) is 13.6 Å². The van der Waals surface area contributed by atoms with Crippen molar-refractivity contribution in [2.75, 3.05) is 7.05 Å². The van der Waals surface area contributed by atoms with E-state index in [0.29, 0.717) is 19.2 Å². The third-order valence-electron chi connectivity index (χ3n) is 3.16. The quantitative estimate of drug-likeness (QED) is 0.941. The molecule has 0 spiro atoms. The van der Waals surface area contributed by atoms with Crippen LogP contribution in [-0.2, 0) is 13.1 Å². The highest BCUT2D eigenvalue weighted by atomic mass is 19.1. The van der Waals surface area contributed by atoms with Crippen molar-refractivity contribution in [1.82, 2.24) is 4.90 Å². The van der Waals surface area contributed by atoms with Crippen molar-refractivity contribution in [3.63, 3.8) is 0 Å². The van der Waals surface area contributed by atoms with E-state index in [-0.39, 0.29) is 5.56 Å². The number of carbonyl (C=O) groups excluding carboxylic acids is 1. The summed E-state index contributed by atoms with van der Waals surface area (Å²) < 4.78 is 26.5. The maximum Gasteiger partial charge on any atom is 0.256 e. The average molecular weight is 290 g/mol. The maximum absolute atomic E-state index is 13.6. The normalized spacial score (nSPS) is 10.5. The molecule has 2 rings (SSSR count). The van der Waals surface area contributed by atoms with Crippen LogP contribution in [0.4, 0.5) is 8.78 Å². The Kier molecular flexibility index (Phi) is 4.65. The maximum atomic E-state index is 13.6. The highest BCUT2D eigenvalue weighted by Crippen LogP contribution is 2.14. The molecule has 0 atom stereocenters. The lowest BCUT2D eigenvalue weighted by Gasteiger charge is -2.18. The second-order valence-electron chi connectivity index (χ2n) is 4.81. The van der Waals surface area contributed by atoms with Crippen LogP contribution in [0, 0.1) is 11.6 Å². The molecule has 0 aliphatic rings. The van der Waals surface area contributed by atoms with Gasteiger partial charge in [-0.2, -0.15) is 0 Å². The molecule has 110 valence electrons. The lowest BCUT2D eigenvalue weighted by molar-refractivity contribution is 0.0780. The van der Waals surface area contributed by atoms with Gasteiger partial charge in [-0.05, 0) is 23.3 Å². The van der Waals surface area contributed by atoms with Crippen LogP contribution < -0.4 is 5.73 Å². The molecular weight excluding hydrogens is 274 g/mol. The second kappa shape index (κ2) is 6.45. The SMILES string of the molecule is CN(Cc1cccc(CN)c1)C(=O)c1ccc(F)cc1F. The lowest BCUT2D eigenvalue weighted by atomic mass is 10.1. The molecule has 0 aliphatic carbocycles. The first-order valence-electron chi connectivity index (χ1n) is 6.49. The highest BCUT2D eigenvalue weighted by molar-refractivity contribution is 5.94. The van der Waals surface area contributed by atoms with Gasteiger partial charge in [-0.3, -0.25) is 4.79 Å². The number of hydrogen-bond donors (Lipinski definition) is 1. The molecule has 0 aliphatic heterocycles. The molecule has 0 bridgehead atoms. The molecule has 0 saturated carbocycles. The minimum absolute atomic E-state index is 0.145. The number of hydrogen-bond acceptors (Lipinski definition) is 2. The molecule has 0 unspecified atom stereocenters. The highest BCUT2D eigenvalue weighted by Gasteiger charge is 2.17. The fraction of sp³-hybridized carbons (Fsp3) is 0.188. The van der Waals surface area contributed by atoms with Gasteiger partial charge in [-0.1, -0.05) is 24.3 Å². The first-order valence-corrected chi connectivity index (χ1v) is 6.49. The van der Waals surface area contributed by atoms with Crippen LogP contribution in [0.5, 0.6) is 0 Å². The van der Waals surface area contributed by atoms with Gasteiger partial charge in [0.05, 0.1) is 5.56 Å². The Morgan fingerprint density at radius 2 is 1.86 bits per heavy atom. The van der Waals surface area contributed by atoms with Gasteiger partial charge in [0.25, 0.3) is 5.91 Å². The summed E-state index contributed by atoms with van der Waals surface area (Å²) >= 11 is 0. The Bertz CT molecular complexity index is 658. The van der Waals surface area contributed by atoms with Gasteiger partial charge in [0, 0.05) is 26.2 Å². The molecule has 1 amide bonds. The predicted molar refractivity (Wildman–Crippen MR) is 76.5 cm³/mol. The Morgan fingerprint density at radius 1 is 1.14 bits per heavy atom. The van der Waals surface area contributed by atoms with Gasteiger partial charge >= 0.3 is 0 Å². The Balaban J connectivity index is 2.15. The minimum atomic E-state index is -0.859. The Morgan fingerprint density at radius 3 is 2.52 bits per heavy atom. The Hall–Kier alpha value is -2.27. The van der Waals surface area contributed by atoms with Gasteiger partial charge in [0.15, 0.2) is 0 Å². The molecule has 0 saturated heterocycles. The third kappa shape index (κ3) is 3.64. The summed E-state index contributed by atoms with van der Waals surface area (Å²) in [6.07, 6.45) is 0. The van der Waals surface area contributed by atoms with Gasteiger partial charge in [0.1, 0.15) is 11.6 Å². The zero-order valence-electron chi connectivity index (χ0n) is 11.6. The van der Waals surface area contributed by atoms with Crippen molar-refractivity contribution in [3.05, 3.63) is 70.8 Å². The number of nitrogens with zero attached hydrogens (tertiary/aromatic N) is 1. The zero-order chi connectivity index (χ0) is 15.4. The molecule has 0 radical (unpaired) electrons. The van der Waals surface area contributed by atoms with Crippen molar-refractivity contribution in [3.8, 4) is 0 Å². The van der Waals surface area contributed by atoms with Gasteiger partial charge in [0.2, 0.25) is 0 Å². The summed E-state index contributed by atoms with van der Waals surface area (Å²) in [5.74, 6) is -2.06. The third-order valence-corrected chi connectivity index (χ3v) is 3.16. The van der Waals surface area contributed by atoms with E-state index in [0.717, 1.165) is 23.3 Å². The van der Waals surface area contributed by atoms with Crippen LogP contribution in [0.25, 0.3) is 0 Å². The number of halogens is 2. The number of carbonyl (C=O) groups is 1. The summed E-state index contributed by atoms with van der Waals surface area (Å²) in [4.78, 5) is 13.6. The molecule has 0 heterocycles. The van der Waals surface area contributed by atoms with Crippen LogP contribution >= 0.6 is 0 Å². The van der Waals surface area contributed by atoms with Crippen molar-refractivity contribution < 1.29 is 13.6 Å². The summed E-state index contributed by atoms with van der Waals surface area (Å²) in [6, 6.07) is 10.4. The topological polar surface area (TPSA) is 46.3 Å². The van der Waals surface area contributed by atoms with Crippen LogP contribution in [0.2, 0.25) is 0 Å². The predicted octanol–water partition coefficient (Wildman–Crippen LogP) is 2.70. The number of rotatable bonds is 4. The molecule has 0 fully saturated rings. The summed E-state index contributed by atoms with van der Waals surface area (Å²) in [6.45, 7) is 0.738. The molecule has 3 nitrogen and oxygen atoms in total. The minimum Gasteiger partial charge on any atom is -0.337 e. The largest absolute Gasteiger partial charge is 0.337 e. The zero-order valence-corrected chi connectivity index (χ0v) is 11.6. The fourth-order valence-electron chi connectivity index (χ4n) is 2.07. The van der Waals surface area contributed by atoms with E-state index >= 15 is 0 Å². The van der Waals surface area contributed by atoms with Crippen molar-refractivity contribution in [2.45, 2.75) is 13.1 Å². The monoisotopic (exact) mass is 290 g/mol. The molecular formula is C16H16F2N2O. The van der Waals surface area contributed by atoms with Gasteiger partial charge < -0.3 is 10.6 Å². The molecule has 2 N–H and O–H groups in total. The van der Waals surface area contributed by atoms with Crippen molar-refractivity contribution in [2.24, 2.45) is 5.73 Å². The average Bonchev–Trinajstić information content (AvgIpc) is 2.46. The fourth-order valence-corrected chi connectivity index (χ4v) is 2.07. The van der Waals surface area contributed by atoms with Crippen LogP contribution in [0.3, 0.4) is 0 Å². The van der Waals surface area contributed by atoms with Crippen LogP contribution in [0.15, 0.2) is 42.5 Å². The van der Waals surface area contributed by atoms with E-state index in [4.69, 9.17) is 5.73 Å². The summed E-state index contributed by atoms with van der Waals surface area (Å²) in [5.41, 5.74) is 7.28. The van der Waals surface area contributed by atoms with Gasteiger partial charge in [-0.15, -0.1) is 0 Å².